The standard InChI is InChI=1S/C17H17BrF2N4O2/c1-2-3-14(16(26)24-17-21-8-11(18)9-22-17)23-15(25)6-10-4-12(19)7-13(20)5-10/h4-5,7-9,14H,2-3,6H2,1H3,(H,23,25)(H,21,22,24,26). The third-order valence-corrected chi connectivity index (χ3v) is 3.78. The summed E-state index contributed by atoms with van der Waals surface area (Å²) < 4.78 is 27.1. The van der Waals surface area contributed by atoms with Crippen LogP contribution in [0.4, 0.5) is 14.7 Å². The Morgan fingerprint density at radius 2 is 1.77 bits per heavy atom. The van der Waals surface area contributed by atoms with E-state index in [0.29, 0.717) is 17.3 Å². The Hall–Kier alpha value is -2.42. The first-order chi connectivity index (χ1) is 12.4. The second-order valence-corrected chi connectivity index (χ2v) is 6.49. The van der Waals surface area contributed by atoms with Crippen LogP contribution in [0.2, 0.25) is 0 Å². The molecule has 0 radical (unpaired) electrons. The van der Waals surface area contributed by atoms with Gasteiger partial charge >= 0.3 is 0 Å². The number of halogens is 3. The van der Waals surface area contributed by atoms with Gasteiger partial charge < -0.3 is 5.32 Å². The fourth-order valence-electron chi connectivity index (χ4n) is 2.28. The zero-order valence-corrected chi connectivity index (χ0v) is 15.5. The Morgan fingerprint density at radius 3 is 2.35 bits per heavy atom. The quantitative estimate of drug-likeness (QED) is 0.712. The topological polar surface area (TPSA) is 84.0 Å². The summed E-state index contributed by atoms with van der Waals surface area (Å²) in [5, 5.41) is 5.10. The molecule has 1 aromatic carbocycles. The van der Waals surface area contributed by atoms with Crippen LogP contribution in [0.15, 0.2) is 35.1 Å². The molecule has 9 heteroatoms. The first-order valence-corrected chi connectivity index (χ1v) is 8.69. The van der Waals surface area contributed by atoms with Crippen LogP contribution in [0.3, 0.4) is 0 Å². The van der Waals surface area contributed by atoms with Crippen molar-refractivity contribution in [2.24, 2.45) is 0 Å². The van der Waals surface area contributed by atoms with E-state index in [1.807, 2.05) is 6.92 Å². The average molecular weight is 427 g/mol. The molecule has 0 saturated carbocycles. The van der Waals surface area contributed by atoms with Gasteiger partial charge in [0.25, 0.3) is 0 Å². The van der Waals surface area contributed by atoms with Gasteiger partial charge in [-0.15, -0.1) is 0 Å². The van der Waals surface area contributed by atoms with E-state index >= 15 is 0 Å². The molecule has 0 aliphatic heterocycles. The third kappa shape index (κ3) is 6.14. The molecule has 6 nitrogen and oxygen atoms in total. The summed E-state index contributed by atoms with van der Waals surface area (Å²) in [7, 11) is 0. The van der Waals surface area contributed by atoms with Crippen molar-refractivity contribution in [3.05, 3.63) is 52.3 Å². The van der Waals surface area contributed by atoms with E-state index in [4.69, 9.17) is 0 Å². The van der Waals surface area contributed by atoms with Crippen molar-refractivity contribution in [1.29, 1.82) is 0 Å². The first kappa shape index (κ1) is 19.9. The number of anilines is 1. The maximum absolute atomic E-state index is 13.2. The number of benzene rings is 1. The lowest BCUT2D eigenvalue weighted by atomic mass is 10.1. The normalized spacial score (nSPS) is 11.7. The van der Waals surface area contributed by atoms with Crippen molar-refractivity contribution in [2.45, 2.75) is 32.2 Å². The molecule has 0 spiro atoms. The number of hydrogen-bond acceptors (Lipinski definition) is 4. The summed E-state index contributed by atoms with van der Waals surface area (Å²) in [5.41, 5.74) is 0.187. The van der Waals surface area contributed by atoms with E-state index in [0.717, 1.165) is 18.2 Å². The Kier molecular flexibility index (Phi) is 7.14. The van der Waals surface area contributed by atoms with E-state index in [1.165, 1.54) is 12.4 Å². The van der Waals surface area contributed by atoms with Crippen molar-refractivity contribution in [3.8, 4) is 0 Å². The molecule has 0 aliphatic rings. The van der Waals surface area contributed by atoms with Gasteiger partial charge in [0.05, 0.1) is 10.9 Å². The van der Waals surface area contributed by atoms with Gasteiger partial charge in [-0.25, -0.2) is 18.7 Å². The molecule has 1 unspecified atom stereocenters. The van der Waals surface area contributed by atoms with Crippen LogP contribution in [0.1, 0.15) is 25.3 Å². The summed E-state index contributed by atoms with van der Waals surface area (Å²) in [5.74, 6) is -2.39. The second kappa shape index (κ2) is 9.33. The second-order valence-electron chi connectivity index (χ2n) is 5.58. The fraction of sp³-hybridized carbons (Fsp3) is 0.294. The van der Waals surface area contributed by atoms with Gasteiger partial charge in [-0.3, -0.25) is 14.9 Å². The third-order valence-electron chi connectivity index (χ3n) is 3.37. The number of rotatable bonds is 7. The number of carbonyl (C=O) groups excluding carboxylic acids is 2. The zero-order valence-electron chi connectivity index (χ0n) is 13.9. The maximum Gasteiger partial charge on any atom is 0.249 e. The maximum atomic E-state index is 13.2. The molecular formula is C17H17BrF2N4O2. The fourth-order valence-corrected chi connectivity index (χ4v) is 2.48. The Balaban J connectivity index is 2.00. The van der Waals surface area contributed by atoms with Crippen molar-refractivity contribution >= 4 is 33.7 Å². The number of amides is 2. The number of nitrogens with zero attached hydrogens (tertiary/aromatic N) is 2. The molecule has 0 saturated heterocycles. The van der Waals surface area contributed by atoms with E-state index in [2.05, 4.69) is 36.5 Å². The van der Waals surface area contributed by atoms with Gasteiger partial charge in [-0.1, -0.05) is 13.3 Å². The van der Waals surface area contributed by atoms with Crippen molar-refractivity contribution in [3.63, 3.8) is 0 Å². The highest BCUT2D eigenvalue weighted by atomic mass is 79.9. The highest BCUT2D eigenvalue weighted by Crippen LogP contribution is 2.10. The molecule has 0 fully saturated rings. The van der Waals surface area contributed by atoms with E-state index in [1.54, 1.807) is 0 Å². The van der Waals surface area contributed by atoms with Crippen LogP contribution in [0.25, 0.3) is 0 Å². The van der Waals surface area contributed by atoms with Gasteiger partial charge in [0, 0.05) is 18.5 Å². The first-order valence-electron chi connectivity index (χ1n) is 7.90. The van der Waals surface area contributed by atoms with Gasteiger partial charge in [-0.2, -0.15) is 0 Å². The van der Waals surface area contributed by atoms with Gasteiger partial charge in [0.15, 0.2) is 0 Å². The molecule has 2 N–H and O–H groups in total. The number of nitrogens with one attached hydrogen (secondary N) is 2. The molecule has 1 heterocycles. The Labute approximate surface area is 157 Å². The minimum absolute atomic E-state index is 0.112. The van der Waals surface area contributed by atoms with Crippen LogP contribution in [-0.2, 0) is 16.0 Å². The lowest BCUT2D eigenvalue weighted by Gasteiger charge is -2.17. The molecule has 138 valence electrons. The molecule has 1 aromatic heterocycles. The predicted molar refractivity (Wildman–Crippen MR) is 95.3 cm³/mol. The summed E-state index contributed by atoms with van der Waals surface area (Å²) in [6.07, 6.45) is 3.76. The average Bonchev–Trinajstić information content (AvgIpc) is 2.55. The molecule has 26 heavy (non-hydrogen) atoms. The molecule has 1 atom stereocenters. The summed E-state index contributed by atoms with van der Waals surface area (Å²) >= 11 is 3.19. The van der Waals surface area contributed by atoms with Crippen molar-refractivity contribution in [2.75, 3.05) is 5.32 Å². The predicted octanol–water partition coefficient (Wildman–Crippen LogP) is 2.98. The minimum atomic E-state index is -0.807. The highest BCUT2D eigenvalue weighted by Gasteiger charge is 2.21. The van der Waals surface area contributed by atoms with Crippen LogP contribution in [0, 0.1) is 11.6 Å². The van der Waals surface area contributed by atoms with Crippen LogP contribution in [0.5, 0.6) is 0 Å². The molecule has 2 rings (SSSR count). The smallest absolute Gasteiger partial charge is 0.249 e. The van der Waals surface area contributed by atoms with Crippen molar-refractivity contribution < 1.29 is 18.4 Å². The van der Waals surface area contributed by atoms with Crippen LogP contribution >= 0.6 is 15.9 Å². The van der Waals surface area contributed by atoms with Gasteiger partial charge in [-0.05, 0) is 40.0 Å². The van der Waals surface area contributed by atoms with Gasteiger partial charge in [0.2, 0.25) is 17.8 Å². The molecule has 2 amide bonds. The van der Waals surface area contributed by atoms with E-state index < -0.39 is 29.5 Å². The van der Waals surface area contributed by atoms with E-state index in [9.17, 15) is 18.4 Å². The van der Waals surface area contributed by atoms with Gasteiger partial charge in [0.1, 0.15) is 17.7 Å². The lowest BCUT2D eigenvalue weighted by molar-refractivity contribution is -0.126. The van der Waals surface area contributed by atoms with E-state index in [-0.39, 0.29) is 17.9 Å². The lowest BCUT2D eigenvalue weighted by Crippen LogP contribution is -2.44. The van der Waals surface area contributed by atoms with Crippen LogP contribution < -0.4 is 10.6 Å². The summed E-state index contributed by atoms with van der Waals surface area (Å²) in [4.78, 5) is 32.4. The van der Waals surface area contributed by atoms with Crippen LogP contribution in [-0.4, -0.2) is 27.8 Å². The molecule has 0 bridgehead atoms. The Bertz CT molecular complexity index is 767. The summed E-state index contributed by atoms with van der Waals surface area (Å²) in [6, 6.07) is 2.08. The molecule has 2 aromatic rings. The highest BCUT2D eigenvalue weighted by molar-refractivity contribution is 9.10. The minimum Gasteiger partial charge on any atom is -0.344 e. The number of aromatic nitrogens is 2. The monoisotopic (exact) mass is 426 g/mol. The largest absolute Gasteiger partial charge is 0.344 e. The number of carbonyl (C=O) groups is 2. The van der Waals surface area contributed by atoms with Crippen molar-refractivity contribution in [1.82, 2.24) is 15.3 Å². The molecular weight excluding hydrogens is 410 g/mol. The SMILES string of the molecule is CCCC(NC(=O)Cc1cc(F)cc(F)c1)C(=O)Nc1ncc(Br)cn1. The zero-order chi connectivity index (χ0) is 19.1. The number of hydrogen-bond donors (Lipinski definition) is 2. The summed E-state index contributed by atoms with van der Waals surface area (Å²) in [6.45, 7) is 1.87. The Morgan fingerprint density at radius 1 is 1.15 bits per heavy atom. The molecule has 0 aliphatic carbocycles.